The van der Waals surface area contributed by atoms with Gasteiger partial charge in [-0.05, 0) is 58.3 Å². The molecule has 0 aliphatic heterocycles. The average molecular weight is 601 g/mol. The Kier molecular flexibility index (Phi) is 33.5. The third-order valence-corrected chi connectivity index (χ3v) is 8.54. The molecule has 0 heterocycles. The van der Waals surface area contributed by atoms with Gasteiger partial charge in [-0.15, -0.1) is 0 Å². The molecule has 0 unspecified atom stereocenters. The Hall–Kier alpha value is -1.14. The zero-order valence-corrected chi connectivity index (χ0v) is 28.6. The van der Waals surface area contributed by atoms with Gasteiger partial charge in [0.1, 0.15) is 0 Å². The first-order valence-electron chi connectivity index (χ1n) is 17.8. The molecule has 0 saturated heterocycles. The van der Waals surface area contributed by atoms with E-state index in [1.54, 1.807) is 0 Å². The second-order valence-electron chi connectivity index (χ2n) is 12.8. The molecule has 0 rings (SSSR count). The summed E-state index contributed by atoms with van der Waals surface area (Å²) in [5, 5.41) is 27.3. The first kappa shape index (κ1) is 43.0. The third-order valence-electron chi connectivity index (χ3n) is 8.54. The van der Waals surface area contributed by atoms with Crippen molar-refractivity contribution in [3.63, 3.8) is 0 Å². The molecule has 0 spiro atoms. The summed E-state index contributed by atoms with van der Waals surface area (Å²) >= 11 is 0. The van der Waals surface area contributed by atoms with Crippen molar-refractivity contribution < 1.29 is 29.6 Å². The zero-order valence-electron chi connectivity index (χ0n) is 28.6. The topological polar surface area (TPSA) is 104 Å². The number of unbranched alkanes of at least 4 members (excludes halogenated alkanes) is 18. The van der Waals surface area contributed by atoms with Crippen LogP contribution in [0.3, 0.4) is 0 Å². The van der Waals surface area contributed by atoms with Crippen LogP contribution in [0.15, 0.2) is 0 Å². The molecule has 0 aliphatic carbocycles. The molecule has 0 aromatic heterocycles. The van der Waals surface area contributed by atoms with E-state index in [1.807, 2.05) is 20.8 Å². The summed E-state index contributed by atoms with van der Waals surface area (Å²) in [7, 11) is 0. The first-order valence-corrected chi connectivity index (χ1v) is 17.8. The number of rotatable bonds is 29. The molecular formula is C36H72O6. The number of aliphatic hydroxyl groups is 2. The summed E-state index contributed by atoms with van der Waals surface area (Å²) < 4.78 is 4.91. The number of hydrogen-bond acceptors (Lipinski definition) is 5. The Morgan fingerprint density at radius 1 is 0.500 bits per heavy atom. The van der Waals surface area contributed by atoms with Gasteiger partial charge in [-0.2, -0.15) is 0 Å². The standard InChI is InChI=1S/C19H38O3.C17H34O3/c1-4-22-19(21)16-14-12-10-8-6-5-7-9-11-13-15-17(2)18(3)20;1-15(16(2)18)13-11-9-7-5-3-4-6-8-10-12-14-17(19)20/h17-18,20H,4-16H2,1-3H3;15-16,18H,3-14H2,1-2H3,(H,19,20)/t17-,18+;15-,16+/m11/s1. The lowest BCUT2D eigenvalue weighted by molar-refractivity contribution is -0.143. The molecule has 0 bridgehead atoms. The van der Waals surface area contributed by atoms with Gasteiger partial charge in [-0.3, -0.25) is 9.59 Å². The van der Waals surface area contributed by atoms with Crippen molar-refractivity contribution in [2.45, 2.75) is 201 Å². The van der Waals surface area contributed by atoms with Crippen LogP contribution in [0.2, 0.25) is 0 Å². The van der Waals surface area contributed by atoms with Gasteiger partial charge in [0.2, 0.25) is 0 Å². The fraction of sp³-hybridized carbons (Fsp3) is 0.944. The number of aliphatic carboxylic acids is 1. The molecule has 0 aromatic rings. The van der Waals surface area contributed by atoms with Gasteiger partial charge in [-0.1, -0.05) is 129 Å². The minimum atomic E-state index is -0.671. The van der Waals surface area contributed by atoms with Gasteiger partial charge in [0, 0.05) is 12.8 Å². The molecule has 0 fully saturated rings. The van der Waals surface area contributed by atoms with Crippen LogP contribution in [0.5, 0.6) is 0 Å². The molecular weight excluding hydrogens is 528 g/mol. The van der Waals surface area contributed by atoms with E-state index in [0.29, 0.717) is 31.3 Å². The smallest absolute Gasteiger partial charge is 0.305 e. The Bertz CT molecular complexity index is 577. The number of hydrogen-bond donors (Lipinski definition) is 3. The van der Waals surface area contributed by atoms with Crippen LogP contribution in [-0.4, -0.2) is 46.1 Å². The summed E-state index contributed by atoms with van der Waals surface area (Å²) in [4.78, 5) is 21.5. The van der Waals surface area contributed by atoms with Crippen molar-refractivity contribution in [2.75, 3.05) is 6.61 Å². The van der Waals surface area contributed by atoms with E-state index in [2.05, 4.69) is 13.8 Å². The Morgan fingerprint density at radius 2 is 0.786 bits per heavy atom. The van der Waals surface area contributed by atoms with Gasteiger partial charge in [0.05, 0.1) is 18.8 Å². The summed E-state index contributed by atoms with van der Waals surface area (Å²) in [6.45, 7) is 10.4. The van der Waals surface area contributed by atoms with Crippen LogP contribution < -0.4 is 0 Å². The Morgan fingerprint density at radius 3 is 1.07 bits per heavy atom. The maximum absolute atomic E-state index is 11.1. The predicted molar refractivity (Wildman–Crippen MR) is 177 cm³/mol. The molecule has 3 N–H and O–H groups in total. The fourth-order valence-electron chi connectivity index (χ4n) is 5.02. The number of esters is 1. The van der Waals surface area contributed by atoms with Crippen molar-refractivity contribution in [2.24, 2.45) is 11.8 Å². The van der Waals surface area contributed by atoms with Crippen molar-refractivity contribution >= 4 is 11.9 Å². The highest BCUT2D eigenvalue weighted by molar-refractivity contribution is 5.69. The molecule has 0 aromatic carbocycles. The maximum Gasteiger partial charge on any atom is 0.305 e. The fourth-order valence-corrected chi connectivity index (χ4v) is 5.02. The van der Waals surface area contributed by atoms with Crippen LogP contribution in [0, 0.1) is 11.8 Å². The summed E-state index contributed by atoms with van der Waals surface area (Å²) in [6, 6.07) is 0. The quantitative estimate of drug-likeness (QED) is 0.0583. The second kappa shape index (κ2) is 32.8. The minimum Gasteiger partial charge on any atom is -0.481 e. The predicted octanol–water partition coefficient (Wildman–Crippen LogP) is 10.0. The van der Waals surface area contributed by atoms with Crippen LogP contribution in [0.4, 0.5) is 0 Å². The van der Waals surface area contributed by atoms with Crippen molar-refractivity contribution in [1.82, 2.24) is 0 Å². The number of carboxylic acids is 1. The molecule has 0 saturated carbocycles. The second-order valence-corrected chi connectivity index (χ2v) is 12.8. The van der Waals surface area contributed by atoms with E-state index in [-0.39, 0.29) is 18.2 Å². The SMILES string of the molecule is CCOC(=O)CCCCCCCCCCCC[C@@H](C)[C@H](C)O.C[C@H](O)[C@H](C)CCCCCCCCCCCCC(=O)O. The number of aliphatic hydroxyl groups excluding tert-OH is 2. The number of carbonyl (C=O) groups excluding carboxylic acids is 1. The summed E-state index contributed by atoms with van der Waals surface area (Å²) in [6.07, 6.45) is 27.5. The first-order chi connectivity index (χ1) is 20.1. The van der Waals surface area contributed by atoms with Gasteiger partial charge in [-0.25, -0.2) is 0 Å². The highest BCUT2D eigenvalue weighted by Crippen LogP contribution is 2.17. The monoisotopic (exact) mass is 601 g/mol. The van der Waals surface area contributed by atoms with Crippen molar-refractivity contribution in [3.8, 4) is 0 Å². The van der Waals surface area contributed by atoms with Crippen LogP contribution in [0.1, 0.15) is 189 Å². The highest BCUT2D eigenvalue weighted by atomic mass is 16.5. The Balaban J connectivity index is 0. The third kappa shape index (κ3) is 35.1. The van der Waals surface area contributed by atoms with Crippen molar-refractivity contribution in [1.29, 1.82) is 0 Å². The average Bonchev–Trinajstić information content (AvgIpc) is 2.94. The van der Waals surface area contributed by atoms with Gasteiger partial charge >= 0.3 is 11.9 Å². The van der Waals surface area contributed by atoms with E-state index in [4.69, 9.17) is 9.84 Å². The van der Waals surface area contributed by atoms with Gasteiger partial charge in [0.25, 0.3) is 0 Å². The summed E-state index contributed by atoms with van der Waals surface area (Å²) in [5.41, 5.74) is 0. The molecule has 0 aliphatic rings. The number of carboxylic acid groups (broad SMARTS) is 1. The van der Waals surface area contributed by atoms with Crippen molar-refractivity contribution in [3.05, 3.63) is 0 Å². The van der Waals surface area contributed by atoms with E-state index in [1.165, 1.54) is 103 Å². The molecule has 0 radical (unpaired) electrons. The molecule has 252 valence electrons. The molecule has 42 heavy (non-hydrogen) atoms. The lowest BCUT2D eigenvalue weighted by atomic mass is 9.97. The van der Waals surface area contributed by atoms with Gasteiger partial charge < -0.3 is 20.1 Å². The van der Waals surface area contributed by atoms with E-state index < -0.39 is 5.97 Å². The lowest BCUT2D eigenvalue weighted by Crippen LogP contribution is -2.12. The number of carbonyl (C=O) groups is 2. The van der Waals surface area contributed by atoms with E-state index >= 15 is 0 Å². The highest BCUT2D eigenvalue weighted by Gasteiger charge is 2.08. The van der Waals surface area contributed by atoms with E-state index in [0.717, 1.165) is 38.5 Å². The van der Waals surface area contributed by atoms with Crippen LogP contribution in [0.25, 0.3) is 0 Å². The molecule has 6 nitrogen and oxygen atoms in total. The minimum absolute atomic E-state index is 0.0487. The molecule has 6 heteroatoms. The van der Waals surface area contributed by atoms with Crippen LogP contribution >= 0.6 is 0 Å². The van der Waals surface area contributed by atoms with Gasteiger partial charge in [0.15, 0.2) is 0 Å². The normalized spacial score (nSPS) is 14.0. The molecule has 4 atom stereocenters. The number of ether oxygens (including phenoxy) is 1. The maximum atomic E-state index is 11.1. The van der Waals surface area contributed by atoms with Crippen LogP contribution in [-0.2, 0) is 14.3 Å². The summed E-state index contributed by atoms with van der Waals surface area (Å²) in [5.74, 6) is 0.151. The zero-order chi connectivity index (χ0) is 31.8. The largest absolute Gasteiger partial charge is 0.481 e. The van der Waals surface area contributed by atoms with E-state index in [9.17, 15) is 19.8 Å². The lowest BCUT2D eigenvalue weighted by Gasteiger charge is -2.13. The molecule has 0 amide bonds. The Labute approximate surface area is 260 Å².